The van der Waals surface area contributed by atoms with Crippen molar-refractivity contribution in [3.63, 3.8) is 0 Å². The molecule has 0 saturated heterocycles. The summed E-state index contributed by atoms with van der Waals surface area (Å²) in [6.07, 6.45) is 3.50. The summed E-state index contributed by atoms with van der Waals surface area (Å²) in [5.41, 5.74) is 1.73. The Morgan fingerprint density at radius 3 is 2.61 bits per heavy atom. The zero-order valence-corrected chi connectivity index (χ0v) is 11.7. The van der Waals surface area contributed by atoms with Gasteiger partial charge >= 0.3 is 0 Å². The van der Waals surface area contributed by atoms with E-state index in [0.29, 0.717) is 12.2 Å². The van der Waals surface area contributed by atoms with Crippen LogP contribution in [-0.2, 0) is 6.54 Å². The Kier molecular flexibility index (Phi) is 4.31. The summed E-state index contributed by atoms with van der Waals surface area (Å²) in [6.45, 7) is 3.43. The second-order valence-electron chi connectivity index (χ2n) is 3.97. The van der Waals surface area contributed by atoms with Crippen molar-refractivity contribution >= 4 is 21.6 Å². The maximum Gasteiger partial charge on any atom is 0.146 e. The van der Waals surface area contributed by atoms with E-state index < -0.39 is 0 Å². The number of pyridine rings is 1. The zero-order chi connectivity index (χ0) is 13.0. The number of rotatable bonds is 4. The highest BCUT2D eigenvalue weighted by molar-refractivity contribution is 9.10. The van der Waals surface area contributed by atoms with E-state index in [1.54, 1.807) is 24.5 Å². The monoisotopic (exact) mass is 308 g/mol. The standard InChI is InChI=1S/C14H14BrFN2/c1-2-18(10-11-5-7-17-8-6-11)14-9-12(15)3-4-13(14)16/h3-9H,2,10H2,1H3. The van der Waals surface area contributed by atoms with Crippen molar-refractivity contribution in [1.29, 1.82) is 0 Å². The Hall–Kier alpha value is -1.42. The summed E-state index contributed by atoms with van der Waals surface area (Å²) in [5, 5.41) is 0. The van der Waals surface area contributed by atoms with E-state index >= 15 is 0 Å². The van der Waals surface area contributed by atoms with Crippen LogP contribution in [-0.4, -0.2) is 11.5 Å². The lowest BCUT2D eigenvalue weighted by Crippen LogP contribution is -2.23. The van der Waals surface area contributed by atoms with Gasteiger partial charge in [-0.15, -0.1) is 0 Å². The first-order valence-electron chi connectivity index (χ1n) is 5.79. The van der Waals surface area contributed by atoms with E-state index in [9.17, 15) is 4.39 Å². The van der Waals surface area contributed by atoms with Gasteiger partial charge in [0.05, 0.1) is 5.69 Å². The third-order valence-corrected chi connectivity index (χ3v) is 3.25. The van der Waals surface area contributed by atoms with Gasteiger partial charge < -0.3 is 4.90 Å². The molecule has 0 atom stereocenters. The molecule has 0 spiro atoms. The summed E-state index contributed by atoms with van der Waals surface area (Å²) in [5.74, 6) is -0.200. The summed E-state index contributed by atoms with van der Waals surface area (Å²) in [4.78, 5) is 5.98. The minimum Gasteiger partial charge on any atom is -0.365 e. The molecule has 1 heterocycles. The van der Waals surface area contributed by atoms with Crippen LogP contribution in [0.5, 0.6) is 0 Å². The maximum absolute atomic E-state index is 13.8. The number of aromatic nitrogens is 1. The second kappa shape index (κ2) is 5.96. The average molecular weight is 309 g/mol. The summed E-state index contributed by atoms with van der Waals surface area (Å²) < 4.78 is 14.7. The van der Waals surface area contributed by atoms with Crippen LogP contribution in [0.3, 0.4) is 0 Å². The third-order valence-electron chi connectivity index (χ3n) is 2.75. The number of benzene rings is 1. The van der Waals surface area contributed by atoms with Crippen molar-refractivity contribution in [1.82, 2.24) is 4.98 Å². The topological polar surface area (TPSA) is 16.1 Å². The van der Waals surface area contributed by atoms with Crippen LogP contribution in [0, 0.1) is 5.82 Å². The molecule has 0 radical (unpaired) electrons. The molecule has 4 heteroatoms. The maximum atomic E-state index is 13.8. The minimum atomic E-state index is -0.200. The van der Waals surface area contributed by atoms with E-state index in [1.165, 1.54) is 6.07 Å². The van der Waals surface area contributed by atoms with Gasteiger partial charge in [0.15, 0.2) is 0 Å². The number of nitrogens with zero attached hydrogens (tertiary/aromatic N) is 2. The lowest BCUT2D eigenvalue weighted by atomic mass is 10.2. The fourth-order valence-corrected chi connectivity index (χ4v) is 2.15. The van der Waals surface area contributed by atoms with Gasteiger partial charge in [-0.2, -0.15) is 0 Å². The molecular weight excluding hydrogens is 295 g/mol. The van der Waals surface area contributed by atoms with Gasteiger partial charge in [-0.25, -0.2) is 4.39 Å². The van der Waals surface area contributed by atoms with Gasteiger partial charge in [-0.1, -0.05) is 15.9 Å². The van der Waals surface area contributed by atoms with Gasteiger partial charge in [-0.05, 0) is 42.8 Å². The first-order chi connectivity index (χ1) is 8.70. The molecule has 18 heavy (non-hydrogen) atoms. The molecule has 0 fully saturated rings. The van der Waals surface area contributed by atoms with Gasteiger partial charge in [0.1, 0.15) is 5.82 Å². The average Bonchev–Trinajstić information content (AvgIpc) is 2.40. The van der Waals surface area contributed by atoms with E-state index in [0.717, 1.165) is 16.6 Å². The van der Waals surface area contributed by atoms with E-state index in [-0.39, 0.29) is 5.82 Å². The van der Waals surface area contributed by atoms with Crippen LogP contribution < -0.4 is 4.90 Å². The molecule has 2 rings (SSSR count). The van der Waals surface area contributed by atoms with Crippen LogP contribution >= 0.6 is 15.9 Å². The molecular formula is C14H14BrFN2. The molecule has 1 aromatic carbocycles. The molecule has 0 aliphatic carbocycles. The Bertz CT molecular complexity index is 516. The summed E-state index contributed by atoms with van der Waals surface area (Å²) in [6, 6.07) is 8.88. The molecule has 94 valence electrons. The molecule has 2 aromatic rings. The number of anilines is 1. The van der Waals surface area contributed by atoms with Crippen LogP contribution in [0.15, 0.2) is 47.2 Å². The predicted molar refractivity (Wildman–Crippen MR) is 75.1 cm³/mol. The molecule has 2 nitrogen and oxygen atoms in total. The van der Waals surface area contributed by atoms with Crippen molar-refractivity contribution in [2.24, 2.45) is 0 Å². The van der Waals surface area contributed by atoms with Crippen molar-refractivity contribution in [2.75, 3.05) is 11.4 Å². The quantitative estimate of drug-likeness (QED) is 0.848. The Labute approximate surface area is 115 Å². The molecule has 0 N–H and O–H groups in total. The van der Waals surface area contributed by atoms with Crippen molar-refractivity contribution in [3.8, 4) is 0 Å². The molecule has 0 saturated carbocycles. The Morgan fingerprint density at radius 2 is 1.94 bits per heavy atom. The minimum absolute atomic E-state index is 0.200. The smallest absolute Gasteiger partial charge is 0.146 e. The van der Waals surface area contributed by atoms with Gasteiger partial charge in [0.2, 0.25) is 0 Å². The molecule has 1 aromatic heterocycles. The van der Waals surface area contributed by atoms with Crippen molar-refractivity contribution in [3.05, 3.63) is 58.6 Å². The van der Waals surface area contributed by atoms with E-state index in [4.69, 9.17) is 0 Å². The van der Waals surface area contributed by atoms with Crippen LogP contribution in [0.25, 0.3) is 0 Å². The zero-order valence-electron chi connectivity index (χ0n) is 10.1. The number of halogens is 2. The summed E-state index contributed by atoms with van der Waals surface area (Å²) >= 11 is 3.38. The van der Waals surface area contributed by atoms with Crippen LogP contribution in [0.2, 0.25) is 0 Å². The van der Waals surface area contributed by atoms with Crippen molar-refractivity contribution in [2.45, 2.75) is 13.5 Å². The lowest BCUT2D eigenvalue weighted by Gasteiger charge is -2.23. The molecule has 0 unspecified atom stereocenters. The first-order valence-corrected chi connectivity index (χ1v) is 6.59. The van der Waals surface area contributed by atoms with Crippen molar-refractivity contribution < 1.29 is 4.39 Å². The van der Waals surface area contributed by atoms with E-state index in [2.05, 4.69) is 20.9 Å². The normalized spacial score (nSPS) is 10.4. The molecule has 0 bridgehead atoms. The Balaban J connectivity index is 2.26. The fraction of sp³-hybridized carbons (Fsp3) is 0.214. The summed E-state index contributed by atoms with van der Waals surface area (Å²) in [7, 11) is 0. The highest BCUT2D eigenvalue weighted by Gasteiger charge is 2.10. The van der Waals surface area contributed by atoms with Gasteiger partial charge in [0, 0.05) is 30.0 Å². The molecule has 0 aliphatic heterocycles. The van der Waals surface area contributed by atoms with Crippen LogP contribution in [0.1, 0.15) is 12.5 Å². The number of hydrogen-bond donors (Lipinski definition) is 0. The van der Waals surface area contributed by atoms with Crippen LogP contribution in [0.4, 0.5) is 10.1 Å². The lowest BCUT2D eigenvalue weighted by molar-refractivity contribution is 0.617. The number of hydrogen-bond acceptors (Lipinski definition) is 2. The first kappa shape index (κ1) is 13.0. The Morgan fingerprint density at radius 1 is 1.22 bits per heavy atom. The van der Waals surface area contributed by atoms with E-state index in [1.807, 2.05) is 24.0 Å². The highest BCUT2D eigenvalue weighted by atomic mass is 79.9. The van der Waals surface area contributed by atoms with Gasteiger partial charge in [-0.3, -0.25) is 4.98 Å². The fourth-order valence-electron chi connectivity index (χ4n) is 1.80. The van der Waals surface area contributed by atoms with Gasteiger partial charge in [0.25, 0.3) is 0 Å². The second-order valence-corrected chi connectivity index (χ2v) is 4.88. The SMILES string of the molecule is CCN(Cc1ccncc1)c1cc(Br)ccc1F. The molecule has 0 amide bonds. The third kappa shape index (κ3) is 3.07. The predicted octanol–water partition coefficient (Wildman–Crippen LogP) is 4.01. The largest absolute Gasteiger partial charge is 0.365 e. The highest BCUT2D eigenvalue weighted by Crippen LogP contribution is 2.25. The molecule has 0 aliphatic rings.